The number of nitrogens with zero attached hydrogens (tertiary/aromatic N) is 1. The first-order chi connectivity index (χ1) is 10.2. The van der Waals surface area contributed by atoms with Gasteiger partial charge in [-0.3, -0.25) is 0 Å². The lowest BCUT2D eigenvalue weighted by molar-refractivity contribution is -0.163. The summed E-state index contributed by atoms with van der Waals surface area (Å²) >= 11 is 0. The molecule has 2 fully saturated rings. The molecule has 3 atom stereocenters. The van der Waals surface area contributed by atoms with Crippen molar-refractivity contribution >= 4 is 0 Å². The maximum Gasteiger partial charge on any atom is 0.192 e. The fraction of sp³-hybridized carbons (Fsp3) is 0.647. The van der Waals surface area contributed by atoms with E-state index in [1.54, 1.807) is 0 Å². The van der Waals surface area contributed by atoms with Crippen LogP contribution in [0.4, 0.5) is 0 Å². The molecule has 2 aliphatic heterocycles. The van der Waals surface area contributed by atoms with Crippen molar-refractivity contribution in [1.29, 1.82) is 0 Å². The van der Waals surface area contributed by atoms with Gasteiger partial charge in [0.25, 0.3) is 0 Å². The van der Waals surface area contributed by atoms with Crippen molar-refractivity contribution in [2.45, 2.75) is 25.2 Å². The molecule has 0 bridgehead atoms. The van der Waals surface area contributed by atoms with E-state index < -0.39 is 5.79 Å². The minimum absolute atomic E-state index is 0.170. The van der Waals surface area contributed by atoms with Crippen LogP contribution in [-0.2, 0) is 15.3 Å². The zero-order valence-corrected chi connectivity index (χ0v) is 13.0. The van der Waals surface area contributed by atoms with Gasteiger partial charge in [0.05, 0.1) is 12.7 Å². The largest absolute Gasteiger partial charge is 0.343 e. The minimum atomic E-state index is -0.587. The van der Waals surface area contributed by atoms with Crippen LogP contribution < -0.4 is 5.32 Å². The summed E-state index contributed by atoms with van der Waals surface area (Å²) in [6, 6.07) is 10.2. The quantitative estimate of drug-likeness (QED) is 0.897. The normalized spacial score (nSPS) is 33.6. The Kier molecular flexibility index (Phi) is 4.60. The smallest absolute Gasteiger partial charge is 0.192 e. The Morgan fingerprint density at radius 1 is 1.33 bits per heavy atom. The van der Waals surface area contributed by atoms with Gasteiger partial charge in [0.2, 0.25) is 0 Å². The second-order valence-corrected chi connectivity index (χ2v) is 6.33. The van der Waals surface area contributed by atoms with Gasteiger partial charge in [-0.25, -0.2) is 0 Å². The molecule has 0 radical (unpaired) electrons. The van der Waals surface area contributed by atoms with E-state index in [9.17, 15) is 0 Å². The van der Waals surface area contributed by atoms with Crippen LogP contribution in [-0.4, -0.2) is 50.8 Å². The molecule has 0 spiro atoms. The first-order valence-electron chi connectivity index (χ1n) is 7.94. The van der Waals surface area contributed by atoms with Crippen molar-refractivity contribution < 1.29 is 9.47 Å². The summed E-state index contributed by atoms with van der Waals surface area (Å²) in [5.41, 5.74) is 1.10. The average Bonchev–Trinajstić information content (AvgIpc) is 3.09. The molecule has 2 heterocycles. The first kappa shape index (κ1) is 15.0. The van der Waals surface area contributed by atoms with Gasteiger partial charge in [-0.1, -0.05) is 30.3 Å². The molecule has 116 valence electrons. The number of rotatable bonds is 5. The Labute approximate surface area is 127 Å². The van der Waals surface area contributed by atoms with Crippen molar-refractivity contribution in [1.82, 2.24) is 10.2 Å². The van der Waals surface area contributed by atoms with E-state index in [0.29, 0.717) is 6.61 Å². The van der Waals surface area contributed by atoms with Crippen molar-refractivity contribution in [3.8, 4) is 0 Å². The van der Waals surface area contributed by atoms with E-state index >= 15 is 0 Å². The predicted octanol–water partition coefficient (Wildman–Crippen LogP) is 1.82. The van der Waals surface area contributed by atoms with Gasteiger partial charge in [-0.15, -0.1) is 0 Å². The number of likely N-dealkylation sites (tertiary alicyclic amines) is 1. The highest BCUT2D eigenvalue weighted by atomic mass is 16.7. The zero-order chi connectivity index (χ0) is 14.7. The van der Waals surface area contributed by atoms with Gasteiger partial charge in [-0.05, 0) is 39.4 Å². The van der Waals surface area contributed by atoms with Crippen LogP contribution >= 0.6 is 0 Å². The molecular formula is C17H26N2O2. The molecule has 1 N–H and O–H groups in total. The van der Waals surface area contributed by atoms with Crippen molar-refractivity contribution in [2.75, 3.05) is 39.8 Å². The average molecular weight is 290 g/mol. The van der Waals surface area contributed by atoms with Gasteiger partial charge in [-0.2, -0.15) is 0 Å². The van der Waals surface area contributed by atoms with Crippen molar-refractivity contribution in [3.05, 3.63) is 35.9 Å². The summed E-state index contributed by atoms with van der Waals surface area (Å²) in [5.74, 6) is 0.188. The SMILES string of the molecule is CNCC1CCN(CC2COC(C)(c3ccccc3)O2)C1. The second kappa shape index (κ2) is 6.44. The molecule has 21 heavy (non-hydrogen) atoms. The molecule has 3 rings (SSSR count). The number of nitrogens with one attached hydrogen (secondary N) is 1. The van der Waals surface area contributed by atoms with E-state index in [4.69, 9.17) is 9.47 Å². The van der Waals surface area contributed by atoms with E-state index in [2.05, 4.69) is 22.3 Å². The van der Waals surface area contributed by atoms with Crippen LogP contribution in [0.5, 0.6) is 0 Å². The number of benzene rings is 1. The Hall–Kier alpha value is -0.940. The van der Waals surface area contributed by atoms with Crippen LogP contribution in [0.1, 0.15) is 18.9 Å². The summed E-state index contributed by atoms with van der Waals surface area (Å²) in [5, 5.41) is 3.28. The van der Waals surface area contributed by atoms with Crippen LogP contribution in [0.15, 0.2) is 30.3 Å². The molecular weight excluding hydrogens is 264 g/mol. The highest BCUT2D eigenvalue weighted by Gasteiger charge is 2.39. The Morgan fingerprint density at radius 2 is 2.14 bits per heavy atom. The molecule has 1 aromatic rings. The Morgan fingerprint density at radius 3 is 2.90 bits per heavy atom. The van der Waals surface area contributed by atoms with E-state index in [0.717, 1.165) is 24.6 Å². The third-order valence-corrected chi connectivity index (χ3v) is 4.56. The lowest BCUT2D eigenvalue weighted by Gasteiger charge is -2.25. The van der Waals surface area contributed by atoms with Crippen LogP contribution in [0.2, 0.25) is 0 Å². The molecule has 4 nitrogen and oxygen atoms in total. The molecule has 3 unspecified atom stereocenters. The summed E-state index contributed by atoms with van der Waals surface area (Å²) < 4.78 is 12.2. The fourth-order valence-electron chi connectivity index (χ4n) is 3.44. The van der Waals surface area contributed by atoms with Gasteiger partial charge >= 0.3 is 0 Å². The monoisotopic (exact) mass is 290 g/mol. The molecule has 0 aliphatic carbocycles. The number of hydrogen-bond acceptors (Lipinski definition) is 4. The topological polar surface area (TPSA) is 33.7 Å². The summed E-state index contributed by atoms with van der Waals surface area (Å²) in [6.45, 7) is 7.13. The van der Waals surface area contributed by atoms with Crippen LogP contribution in [0.3, 0.4) is 0 Å². The fourth-order valence-corrected chi connectivity index (χ4v) is 3.44. The molecule has 2 saturated heterocycles. The minimum Gasteiger partial charge on any atom is -0.343 e. The third-order valence-electron chi connectivity index (χ3n) is 4.56. The number of hydrogen-bond donors (Lipinski definition) is 1. The summed E-state index contributed by atoms with van der Waals surface area (Å²) in [7, 11) is 2.03. The summed E-state index contributed by atoms with van der Waals surface area (Å²) in [6.07, 6.45) is 1.45. The maximum absolute atomic E-state index is 6.21. The summed E-state index contributed by atoms with van der Waals surface area (Å²) in [4.78, 5) is 2.51. The molecule has 0 amide bonds. The highest BCUT2D eigenvalue weighted by Crippen LogP contribution is 2.34. The third kappa shape index (κ3) is 3.46. The zero-order valence-electron chi connectivity index (χ0n) is 13.0. The van der Waals surface area contributed by atoms with Gasteiger partial charge in [0.15, 0.2) is 5.79 Å². The molecule has 4 heteroatoms. The van der Waals surface area contributed by atoms with E-state index in [1.165, 1.54) is 19.5 Å². The molecule has 1 aromatic carbocycles. The van der Waals surface area contributed by atoms with E-state index in [-0.39, 0.29) is 6.10 Å². The lowest BCUT2D eigenvalue weighted by Crippen LogP contribution is -2.34. The highest BCUT2D eigenvalue weighted by molar-refractivity contribution is 5.20. The first-order valence-corrected chi connectivity index (χ1v) is 7.94. The van der Waals surface area contributed by atoms with Gasteiger partial charge in [0, 0.05) is 18.7 Å². The van der Waals surface area contributed by atoms with E-state index in [1.807, 2.05) is 32.2 Å². The molecule has 0 aromatic heterocycles. The maximum atomic E-state index is 6.21. The van der Waals surface area contributed by atoms with Crippen LogP contribution in [0.25, 0.3) is 0 Å². The van der Waals surface area contributed by atoms with Crippen LogP contribution in [0, 0.1) is 5.92 Å². The van der Waals surface area contributed by atoms with Gasteiger partial charge in [0.1, 0.15) is 0 Å². The van der Waals surface area contributed by atoms with Crippen molar-refractivity contribution in [3.63, 3.8) is 0 Å². The Balaban J connectivity index is 1.53. The molecule has 0 saturated carbocycles. The predicted molar refractivity (Wildman–Crippen MR) is 83.1 cm³/mol. The van der Waals surface area contributed by atoms with Crippen molar-refractivity contribution in [2.24, 2.45) is 5.92 Å². The molecule has 2 aliphatic rings. The Bertz CT molecular complexity index is 453. The van der Waals surface area contributed by atoms with Gasteiger partial charge < -0.3 is 19.7 Å². The second-order valence-electron chi connectivity index (χ2n) is 6.33. The standard InChI is InChI=1S/C17H26N2O2/c1-17(15-6-4-3-5-7-15)20-13-16(21-17)12-19-9-8-14(11-19)10-18-2/h3-7,14,16,18H,8-13H2,1-2H3. The number of ether oxygens (including phenoxy) is 2. The lowest BCUT2D eigenvalue weighted by atomic mass is 10.1.